The van der Waals surface area contributed by atoms with E-state index in [1.807, 2.05) is 6.07 Å². The number of hydrogen-bond donors (Lipinski definition) is 1. The van der Waals surface area contributed by atoms with E-state index >= 15 is 0 Å². The van der Waals surface area contributed by atoms with Gasteiger partial charge < -0.3 is 9.15 Å². The van der Waals surface area contributed by atoms with Gasteiger partial charge in [0.2, 0.25) is 0 Å². The maximum atomic E-state index is 12.6. The summed E-state index contributed by atoms with van der Waals surface area (Å²) in [4.78, 5) is 37.4. The summed E-state index contributed by atoms with van der Waals surface area (Å²) in [6, 6.07) is 10.8. The average Bonchev–Trinajstić information content (AvgIpc) is 3.15. The van der Waals surface area contributed by atoms with Crippen molar-refractivity contribution in [1.29, 1.82) is 5.26 Å². The molecule has 1 fully saturated rings. The number of ether oxygens (including phenoxy) is 1. The molecule has 0 unspecified atom stereocenters. The molecule has 130 valence electrons. The van der Waals surface area contributed by atoms with Crippen molar-refractivity contribution >= 4 is 23.9 Å². The Morgan fingerprint density at radius 3 is 2.62 bits per heavy atom. The van der Waals surface area contributed by atoms with E-state index < -0.39 is 17.8 Å². The first-order valence-electron chi connectivity index (χ1n) is 7.59. The molecule has 1 aliphatic rings. The summed E-state index contributed by atoms with van der Waals surface area (Å²) in [5.74, 6) is -0.565. The first kappa shape index (κ1) is 17.0. The van der Waals surface area contributed by atoms with Crippen molar-refractivity contribution in [1.82, 2.24) is 10.2 Å². The third kappa shape index (κ3) is 3.62. The van der Waals surface area contributed by atoms with Gasteiger partial charge in [-0.2, -0.15) is 5.26 Å². The zero-order valence-corrected chi connectivity index (χ0v) is 13.5. The van der Waals surface area contributed by atoms with Crippen molar-refractivity contribution in [2.45, 2.75) is 6.54 Å². The third-order valence-corrected chi connectivity index (χ3v) is 3.57. The Morgan fingerprint density at radius 1 is 1.19 bits per heavy atom. The third-order valence-electron chi connectivity index (χ3n) is 3.57. The molecule has 1 aromatic carbocycles. The number of barbiturate groups is 1. The summed E-state index contributed by atoms with van der Waals surface area (Å²) in [6.07, 6.45) is 2.81. The summed E-state index contributed by atoms with van der Waals surface area (Å²) >= 11 is 0. The Hall–Kier alpha value is -3.86. The summed E-state index contributed by atoms with van der Waals surface area (Å²) in [5.41, 5.74) is 0.405. The number of nitriles is 1. The number of urea groups is 1. The molecule has 8 heteroatoms. The van der Waals surface area contributed by atoms with Crippen LogP contribution in [0.3, 0.4) is 0 Å². The van der Waals surface area contributed by atoms with Crippen LogP contribution in [0.4, 0.5) is 4.79 Å². The zero-order chi connectivity index (χ0) is 18.5. The number of hydrogen-bond acceptors (Lipinski definition) is 6. The van der Waals surface area contributed by atoms with Gasteiger partial charge in [-0.1, -0.05) is 12.1 Å². The van der Waals surface area contributed by atoms with Crippen LogP contribution in [0.15, 0.2) is 52.7 Å². The van der Waals surface area contributed by atoms with Crippen molar-refractivity contribution in [3.05, 3.63) is 59.6 Å². The second-order valence-corrected chi connectivity index (χ2v) is 5.30. The largest absolute Gasteiger partial charge is 0.479 e. The summed E-state index contributed by atoms with van der Waals surface area (Å²) < 4.78 is 10.3. The average molecular weight is 351 g/mol. The summed E-state index contributed by atoms with van der Waals surface area (Å²) in [6.45, 7) is -0.158. The Balaban J connectivity index is 1.82. The number of nitrogens with zero attached hydrogens (tertiary/aromatic N) is 2. The van der Waals surface area contributed by atoms with E-state index in [1.165, 1.54) is 12.3 Å². The van der Waals surface area contributed by atoms with Gasteiger partial charge in [0.05, 0.1) is 12.8 Å². The lowest BCUT2D eigenvalue weighted by Gasteiger charge is -2.25. The van der Waals surface area contributed by atoms with Crippen molar-refractivity contribution < 1.29 is 23.5 Å². The molecule has 26 heavy (non-hydrogen) atoms. The molecule has 0 aliphatic carbocycles. The van der Waals surface area contributed by atoms with E-state index in [1.54, 1.807) is 36.4 Å². The summed E-state index contributed by atoms with van der Waals surface area (Å²) in [7, 11) is 0. The molecule has 1 N–H and O–H groups in total. The molecule has 0 spiro atoms. The van der Waals surface area contributed by atoms with Crippen LogP contribution in [0.1, 0.15) is 11.3 Å². The monoisotopic (exact) mass is 351 g/mol. The quantitative estimate of drug-likeness (QED) is 0.650. The molecule has 1 saturated heterocycles. The second-order valence-electron chi connectivity index (χ2n) is 5.30. The highest BCUT2D eigenvalue weighted by Gasteiger charge is 2.36. The van der Waals surface area contributed by atoms with Gasteiger partial charge in [0.15, 0.2) is 6.61 Å². The van der Waals surface area contributed by atoms with Gasteiger partial charge in [0, 0.05) is 0 Å². The maximum absolute atomic E-state index is 12.6. The standard InChI is InChI=1S/C18H13N3O5/c19-7-9-26-13-5-3-12(4-6-13)10-15-16(22)20-18(24)21(17(15)23)11-14-2-1-8-25-14/h1-6,8,10H,9,11H2,(H,20,22,24)/b15-10+. The van der Waals surface area contributed by atoms with E-state index in [0.717, 1.165) is 4.90 Å². The minimum atomic E-state index is -0.797. The molecule has 3 rings (SSSR count). The molecular formula is C18H13N3O5. The zero-order valence-electron chi connectivity index (χ0n) is 13.5. The van der Waals surface area contributed by atoms with Crippen molar-refractivity contribution in [2.75, 3.05) is 6.61 Å². The predicted molar refractivity (Wildman–Crippen MR) is 88.3 cm³/mol. The van der Waals surface area contributed by atoms with Gasteiger partial charge in [-0.05, 0) is 35.9 Å². The van der Waals surface area contributed by atoms with E-state index in [0.29, 0.717) is 17.1 Å². The molecule has 2 heterocycles. The molecule has 1 aliphatic heterocycles. The van der Waals surface area contributed by atoms with Crippen LogP contribution >= 0.6 is 0 Å². The Morgan fingerprint density at radius 2 is 1.96 bits per heavy atom. The van der Waals surface area contributed by atoms with Crippen LogP contribution in [0.2, 0.25) is 0 Å². The van der Waals surface area contributed by atoms with Gasteiger partial charge >= 0.3 is 6.03 Å². The van der Waals surface area contributed by atoms with Gasteiger partial charge in [-0.3, -0.25) is 19.8 Å². The number of benzene rings is 1. The topological polar surface area (TPSA) is 113 Å². The molecule has 8 nitrogen and oxygen atoms in total. The molecule has 4 amide bonds. The van der Waals surface area contributed by atoms with E-state index in [2.05, 4.69) is 5.32 Å². The number of rotatable bonds is 5. The van der Waals surface area contributed by atoms with Gasteiger partial charge in [0.25, 0.3) is 11.8 Å². The van der Waals surface area contributed by atoms with Crippen LogP contribution in [0.5, 0.6) is 5.75 Å². The van der Waals surface area contributed by atoms with Crippen LogP contribution in [0.25, 0.3) is 6.08 Å². The molecule has 1 aromatic heterocycles. The summed E-state index contributed by atoms with van der Waals surface area (Å²) in [5, 5.41) is 10.6. The van der Waals surface area contributed by atoms with Crippen molar-refractivity contribution in [3.8, 4) is 11.8 Å². The second kappa shape index (κ2) is 7.36. The highest BCUT2D eigenvalue weighted by atomic mass is 16.5. The molecule has 0 bridgehead atoms. The van der Waals surface area contributed by atoms with E-state index in [9.17, 15) is 14.4 Å². The lowest BCUT2D eigenvalue weighted by atomic mass is 10.1. The molecule has 0 saturated carbocycles. The van der Waals surface area contributed by atoms with Crippen LogP contribution < -0.4 is 10.1 Å². The van der Waals surface area contributed by atoms with Gasteiger partial charge in [-0.15, -0.1) is 0 Å². The molecule has 2 aromatic rings. The van der Waals surface area contributed by atoms with E-state index in [-0.39, 0.29) is 18.7 Å². The number of carbonyl (C=O) groups is 3. The molecule has 0 radical (unpaired) electrons. The van der Waals surface area contributed by atoms with Gasteiger partial charge in [0.1, 0.15) is 23.2 Å². The minimum absolute atomic E-state index is 0.0782. The van der Waals surface area contributed by atoms with E-state index in [4.69, 9.17) is 14.4 Å². The first-order valence-corrected chi connectivity index (χ1v) is 7.59. The Labute approximate surface area is 148 Å². The smallest absolute Gasteiger partial charge is 0.331 e. The number of nitrogens with one attached hydrogen (secondary N) is 1. The van der Waals surface area contributed by atoms with Crippen LogP contribution in [0, 0.1) is 11.3 Å². The number of furan rings is 1. The fraction of sp³-hybridized carbons (Fsp3) is 0.111. The van der Waals surface area contributed by atoms with Crippen molar-refractivity contribution in [3.63, 3.8) is 0 Å². The highest BCUT2D eigenvalue weighted by Crippen LogP contribution is 2.19. The van der Waals surface area contributed by atoms with Gasteiger partial charge in [-0.25, -0.2) is 4.79 Å². The highest BCUT2D eigenvalue weighted by molar-refractivity contribution is 6.30. The lowest BCUT2D eigenvalue weighted by molar-refractivity contribution is -0.130. The fourth-order valence-electron chi connectivity index (χ4n) is 2.34. The lowest BCUT2D eigenvalue weighted by Crippen LogP contribution is -2.53. The van der Waals surface area contributed by atoms with Crippen LogP contribution in [-0.2, 0) is 16.1 Å². The normalized spacial score (nSPS) is 15.7. The molecular weight excluding hydrogens is 338 g/mol. The SMILES string of the molecule is N#CCOc1ccc(/C=C2\C(=O)NC(=O)N(Cc3ccco3)C2=O)cc1. The predicted octanol–water partition coefficient (Wildman–Crippen LogP) is 1.84. The number of imide groups is 2. The fourth-order valence-corrected chi connectivity index (χ4v) is 2.34. The first-order chi connectivity index (χ1) is 12.6. The molecule has 0 atom stereocenters. The maximum Gasteiger partial charge on any atom is 0.331 e. The number of carbonyl (C=O) groups excluding carboxylic acids is 3. The number of amides is 4. The Kier molecular flexibility index (Phi) is 4.80. The van der Waals surface area contributed by atoms with Crippen molar-refractivity contribution in [2.24, 2.45) is 0 Å². The van der Waals surface area contributed by atoms with Crippen LogP contribution in [-0.4, -0.2) is 29.4 Å². The minimum Gasteiger partial charge on any atom is -0.479 e. The Bertz CT molecular complexity index is 907.